The van der Waals surface area contributed by atoms with Gasteiger partial charge in [0.2, 0.25) is 0 Å². The molecule has 4 rings (SSSR count). The van der Waals surface area contributed by atoms with Crippen LogP contribution in [0.5, 0.6) is 5.75 Å². The van der Waals surface area contributed by atoms with Crippen molar-refractivity contribution in [1.29, 1.82) is 0 Å². The fourth-order valence-corrected chi connectivity index (χ4v) is 3.23. The Morgan fingerprint density at radius 2 is 2.04 bits per heavy atom. The summed E-state index contributed by atoms with van der Waals surface area (Å²) in [5.74, 6) is 0.373. The first-order valence-electron chi connectivity index (χ1n) is 8.47. The van der Waals surface area contributed by atoms with Crippen LogP contribution in [0.3, 0.4) is 0 Å². The summed E-state index contributed by atoms with van der Waals surface area (Å²) in [6.45, 7) is 6.26. The molecule has 3 heterocycles. The molecule has 26 heavy (non-hydrogen) atoms. The third kappa shape index (κ3) is 2.54. The van der Waals surface area contributed by atoms with E-state index in [1.54, 1.807) is 12.3 Å². The number of pyridine rings is 1. The Morgan fingerprint density at radius 1 is 1.23 bits per heavy atom. The highest BCUT2D eigenvalue weighted by atomic mass is 16.5. The number of carbonyl (C=O) groups is 1. The molecule has 6 heteroatoms. The maximum atomic E-state index is 12.7. The molecule has 1 atom stereocenters. The lowest BCUT2D eigenvalue weighted by Crippen LogP contribution is -2.34. The van der Waals surface area contributed by atoms with Gasteiger partial charge in [0.15, 0.2) is 0 Å². The van der Waals surface area contributed by atoms with E-state index < -0.39 is 5.91 Å². The minimum atomic E-state index is -0.446. The summed E-state index contributed by atoms with van der Waals surface area (Å²) in [6, 6.07) is 7.32. The molecule has 0 spiro atoms. The minimum Gasteiger partial charge on any atom is -0.490 e. The van der Waals surface area contributed by atoms with Crippen molar-refractivity contribution in [2.75, 3.05) is 6.61 Å². The number of aryl methyl sites for hydroxylation is 2. The molecule has 0 fully saturated rings. The van der Waals surface area contributed by atoms with E-state index in [0.717, 1.165) is 28.0 Å². The number of hydrogen-bond acceptors (Lipinski definition) is 4. The zero-order valence-corrected chi connectivity index (χ0v) is 14.9. The Morgan fingerprint density at radius 3 is 2.85 bits per heavy atom. The second-order valence-electron chi connectivity index (χ2n) is 6.67. The van der Waals surface area contributed by atoms with E-state index in [2.05, 4.69) is 10.3 Å². The molecule has 1 aromatic carbocycles. The molecule has 0 saturated heterocycles. The number of amides is 1. The SMILES string of the molecule is Cc1ccc2ncc(C(=O)N[C@H]3COc4c3ccc(C)c4C)c(=O)n2c1. The van der Waals surface area contributed by atoms with Crippen molar-refractivity contribution in [2.24, 2.45) is 0 Å². The molecule has 132 valence electrons. The molecule has 0 radical (unpaired) electrons. The molecule has 0 unspecified atom stereocenters. The van der Waals surface area contributed by atoms with E-state index in [0.29, 0.717) is 12.3 Å². The first kappa shape index (κ1) is 16.3. The summed E-state index contributed by atoms with van der Waals surface area (Å²) in [5.41, 5.74) is 4.22. The van der Waals surface area contributed by atoms with Gasteiger partial charge in [0, 0.05) is 18.0 Å². The molecule has 1 aliphatic rings. The largest absolute Gasteiger partial charge is 0.490 e. The monoisotopic (exact) mass is 349 g/mol. The van der Waals surface area contributed by atoms with Crippen LogP contribution in [0.25, 0.3) is 5.65 Å². The van der Waals surface area contributed by atoms with Crippen LogP contribution >= 0.6 is 0 Å². The molecule has 1 aliphatic heterocycles. The van der Waals surface area contributed by atoms with E-state index >= 15 is 0 Å². The van der Waals surface area contributed by atoms with E-state index in [1.165, 1.54) is 10.6 Å². The van der Waals surface area contributed by atoms with Crippen molar-refractivity contribution in [3.63, 3.8) is 0 Å². The summed E-state index contributed by atoms with van der Waals surface area (Å²) in [4.78, 5) is 29.6. The molecule has 0 aliphatic carbocycles. The summed E-state index contributed by atoms with van der Waals surface area (Å²) in [7, 11) is 0. The molecular weight excluding hydrogens is 330 g/mol. The first-order valence-corrected chi connectivity index (χ1v) is 8.47. The Balaban J connectivity index is 1.67. The number of fused-ring (bicyclic) bond motifs is 2. The standard InChI is InChI=1S/C20H19N3O3/c1-11-4-7-17-21-8-15(20(25)23(17)9-11)19(24)22-16-10-26-18-13(3)12(2)5-6-14(16)18/h4-9,16H,10H2,1-3H3,(H,22,24)/t16-/m0/s1. The highest BCUT2D eigenvalue weighted by Gasteiger charge is 2.28. The number of benzene rings is 1. The van der Waals surface area contributed by atoms with Crippen LogP contribution in [0.2, 0.25) is 0 Å². The van der Waals surface area contributed by atoms with Crippen molar-refractivity contribution < 1.29 is 9.53 Å². The van der Waals surface area contributed by atoms with Gasteiger partial charge in [-0.2, -0.15) is 0 Å². The fourth-order valence-electron chi connectivity index (χ4n) is 3.23. The number of rotatable bonds is 2. The maximum Gasteiger partial charge on any atom is 0.270 e. The van der Waals surface area contributed by atoms with Gasteiger partial charge in [-0.05, 0) is 43.5 Å². The van der Waals surface area contributed by atoms with Crippen molar-refractivity contribution in [2.45, 2.75) is 26.8 Å². The third-order valence-electron chi connectivity index (χ3n) is 4.88. The third-order valence-corrected chi connectivity index (χ3v) is 4.88. The van der Waals surface area contributed by atoms with Crippen LogP contribution in [0.4, 0.5) is 0 Å². The number of carbonyl (C=O) groups excluding carboxylic acids is 1. The number of nitrogens with one attached hydrogen (secondary N) is 1. The molecule has 0 saturated carbocycles. The van der Waals surface area contributed by atoms with Crippen molar-refractivity contribution in [3.05, 3.63) is 74.8 Å². The smallest absolute Gasteiger partial charge is 0.270 e. The van der Waals surface area contributed by atoms with Gasteiger partial charge in [-0.15, -0.1) is 0 Å². The van der Waals surface area contributed by atoms with Gasteiger partial charge >= 0.3 is 0 Å². The zero-order valence-electron chi connectivity index (χ0n) is 14.9. The van der Waals surface area contributed by atoms with Crippen LogP contribution in [0.15, 0.2) is 41.5 Å². The van der Waals surface area contributed by atoms with Crippen LogP contribution in [0.1, 0.15) is 38.7 Å². The normalized spacial score (nSPS) is 15.6. The lowest BCUT2D eigenvalue weighted by Gasteiger charge is -2.12. The Labute approximate surface area is 150 Å². The Kier molecular flexibility index (Phi) is 3.76. The van der Waals surface area contributed by atoms with Gasteiger partial charge in [-0.25, -0.2) is 4.98 Å². The van der Waals surface area contributed by atoms with Crippen LogP contribution in [-0.4, -0.2) is 21.9 Å². The highest BCUT2D eigenvalue weighted by Crippen LogP contribution is 2.36. The van der Waals surface area contributed by atoms with Crippen LogP contribution < -0.4 is 15.6 Å². The summed E-state index contributed by atoms with van der Waals surface area (Å²) in [5, 5.41) is 2.90. The number of ether oxygens (including phenoxy) is 1. The number of aromatic nitrogens is 2. The predicted octanol–water partition coefficient (Wildman–Crippen LogP) is 2.48. The van der Waals surface area contributed by atoms with Gasteiger partial charge in [0.1, 0.15) is 23.6 Å². The van der Waals surface area contributed by atoms with E-state index in [-0.39, 0.29) is 17.2 Å². The van der Waals surface area contributed by atoms with Gasteiger partial charge in [0.25, 0.3) is 11.5 Å². The lowest BCUT2D eigenvalue weighted by molar-refractivity contribution is 0.0928. The molecule has 1 N–H and O–H groups in total. The predicted molar refractivity (Wildman–Crippen MR) is 97.8 cm³/mol. The molecular formula is C20H19N3O3. The quantitative estimate of drug-likeness (QED) is 0.771. The maximum absolute atomic E-state index is 12.7. The van der Waals surface area contributed by atoms with Gasteiger partial charge in [-0.3, -0.25) is 14.0 Å². The lowest BCUT2D eigenvalue weighted by atomic mass is 10.0. The number of hydrogen-bond donors (Lipinski definition) is 1. The molecule has 6 nitrogen and oxygen atoms in total. The summed E-state index contributed by atoms with van der Waals surface area (Å²) in [6.07, 6.45) is 3.01. The van der Waals surface area contributed by atoms with E-state index in [4.69, 9.17) is 4.74 Å². The molecule has 1 amide bonds. The van der Waals surface area contributed by atoms with Crippen molar-refractivity contribution in [1.82, 2.24) is 14.7 Å². The second kappa shape index (κ2) is 5.98. The van der Waals surface area contributed by atoms with Crippen LogP contribution in [-0.2, 0) is 0 Å². The topological polar surface area (TPSA) is 72.7 Å². The van der Waals surface area contributed by atoms with Crippen LogP contribution in [0, 0.1) is 20.8 Å². The number of nitrogens with zero attached hydrogens (tertiary/aromatic N) is 2. The highest BCUT2D eigenvalue weighted by molar-refractivity contribution is 5.94. The van der Waals surface area contributed by atoms with Gasteiger partial charge in [-0.1, -0.05) is 18.2 Å². The Bertz CT molecular complexity index is 1100. The van der Waals surface area contributed by atoms with Crippen molar-refractivity contribution in [3.8, 4) is 5.75 Å². The fraction of sp³-hybridized carbons (Fsp3) is 0.250. The molecule has 0 bridgehead atoms. The van der Waals surface area contributed by atoms with E-state index in [1.807, 2.05) is 39.0 Å². The summed E-state index contributed by atoms with van der Waals surface area (Å²) < 4.78 is 7.16. The second-order valence-corrected chi connectivity index (χ2v) is 6.67. The van der Waals surface area contributed by atoms with Gasteiger partial charge < -0.3 is 10.1 Å². The molecule has 3 aromatic rings. The average molecular weight is 349 g/mol. The average Bonchev–Trinajstić information content (AvgIpc) is 3.02. The van der Waals surface area contributed by atoms with Crippen molar-refractivity contribution >= 4 is 11.6 Å². The zero-order chi connectivity index (χ0) is 18.4. The minimum absolute atomic E-state index is 0.0189. The summed E-state index contributed by atoms with van der Waals surface area (Å²) >= 11 is 0. The molecule has 2 aromatic heterocycles. The first-order chi connectivity index (χ1) is 12.5. The van der Waals surface area contributed by atoms with E-state index in [9.17, 15) is 9.59 Å². The Hall–Kier alpha value is -3.15. The van der Waals surface area contributed by atoms with Gasteiger partial charge in [0.05, 0.1) is 6.04 Å².